The molecule has 118 valence electrons. The average molecular weight is 326 g/mol. The average Bonchev–Trinajstić information content (AvgIpc) is 3.24. The monoisotopic (exact) mass is 326 g/mol. The first kappa shape index (κ1) is 14.5. The Bertz CT molecular complexity index is 854. The predicted octanol–water partition coefficient (Wildman–Crippen LogP) is 3.03. The van der Waals surface area contributed by atoms with Crippen LogP contribution in [0.1, 0.15) is 25.7 Å². The number of hydrogen-bond acceptors (Lipinski definition) is 4. The van der Waals surface area contributed by atoms with E-state index in [0.717, 1.165) is 28.9 Å². The Morgan fingerprint density at radius 1 is 1.26 bits per heavy atom. The third-order valence-corrected chi connectivity index (χ3v) is 5.24. The van der Waals surface area contributed by atoms with Gasteiger partial charge in [-0.25, -0.2) is 9.97 Å². The number of hydrogen-bond donors (Lipinski definition) is 1. The summed E-state index contributed by atoms with van der Waals surface area (Å²) in [5.41, 5.74) is 2.70. The third-order valence-electron chi connectivity index (χ3n) is 4.26. The van der Waals surface area contributed by atoms with Crippen LogP contribution in [0.25, 0.3) is 16.7 Å². The van der Waals surface area contributed by atoms with Gasteiger partial charge in [-0.2, -0.15) is 0 Å². The van der Waals surface area contributed by atoms with E-state index < -0.39 is 0 Å². The highest BCUT2D eigenvalue weighted by atomic mass is 32.2. The molecule has 3 aromatic rings. The normalized spacial score (nSPS) is 15.5. The number of aromatic nitrogens is 3. The SMILES string of the molecule is O=C(CSc1nc2ncccc2n2cccc12)NC1CCCC1. The Morgan fingerprint density at radius 2 is 2.09 bits per heavy atom. The molecular formula is C17H18N4OS. The van der Waals surface area contributed by atoms with E-state index in [9.17, 15) is 4.79 Å². The lowest BCUT2D eigenvalue weighted by atomic mass is 10.2. The van der Waals surface area contributed by atoms with Crippen LogP contribution in [-0.4, -0.2) is 32.1 Å². The molecule has 0 spiro atoms. The predicted molar refractivity (Wildman–Crippen MR) is 91.6 cm³/mol. The van der Waals surface area contributed by atoms with Gasteiger partial charge in [-0.3, -0.25) is 4.79 Å². The van der Waals surface area contributed by atoms with Crippen LogP contribution in [0.5, 0.6) is 0 Å². The number of nitrogens with one attached hydrogen (secondary N) is 1. The van der Waals surface area contributed by atoms with Crippen LogP contribution in [0.3, 0.4) is 0 Å². The first-order chi connectivity index (χ1) is 11.3. The van der Waals surface area contributed by atoms with E-state index in [4.69, 9.17) is 0 Å². The molecule has 4 rings (SSSR count). The second-order valence-electron chi connectivity index (χ2n) is 5.86. The van der Waals surface area contributed by atoms with Crippen molar-refractivity contribution in [3.05, 3.63) is 36.7 Å². The van der Waals surface area contributed by atoms with Crippen molar-refractivity contribution in [3.8, 4) is 0 Å². The van der Waals surface area contributed by atoms with Crippen LogP contribution < -0.4 is 5.32 Å². The molecule has 0 unspecified atom stereocenters. The molecule has 3 aromatic heterocycles. The fourth-order valence-electron chi connectivity index (χ4n) is 3.16. The molecule has 1 saturated carbocycles. The molecule has 0 aliphatic heterocycles. The molecule has 1 aliphatic carbocycles. The van der Waals surface area contributed by atoms with E-state index in [2.05, 4.69) is 19.7 Å². The van der Waals surface area contributed by atoms with E-state index in [-0.39, 0.29) is 5.91 Å². The molecule has 0 bridgehead atoms. The van der Waals surface area contributed by atoms with Crippen molar-refractivity contribution in [2.75, 3.05) is 5.75 Å². The summed E-state index contributed by atoms with van der Waals surface area (Å²) in [6.07, 6.45) is 8.41. The summed E-state index contributed by atoms with van der Waals surface area (Å²) < 4.78 is 2.08. The van der Waals surface area contributed by atoms with Gasteiger partial charge in [0.25, 0.3) is 0 Å². The molecule has 1 aliphatic rings. The van der Waals surface area contributed by atoms with Crippen molar-refractivity contribution in [1.82, 2.24) is 19.7 Å². The smallest absolute Gasteiger partial charge is 0.230 e. The number of pyridine rings is 1. The Labute approximate surface area is 138 Å². The van der Waals surface area contributed by atoms with E-state index in [1.54, 1.807) is 6.20 Å². The summed E-state index contributed by atoms with van der Waals surface area (Å²) in [6.45, 7) is 0. The minimum Gasteiger partial charge on any atom is -0.353 e. The van der Waals surface area contributed by atoms with Gasteiger partial charge in [0.05, 0.1) is 16.8 Å². The fourth-order valence-corrected chi connectivity index (χ4v) is 3.98. The number of thioether (sulfide) groups is 1. The van der Waals surface area contributed by atoms with Gasteiger partial charge in [0, 0.05) is 18.4 Å². The van der Waals surface area contributed by atoms with Gasteiger partial charge in [-0.15, -0.1) is 0 Å². The third kappa shape index (κ3) is 2.91. The van der Waals surface area contributed by atoms with Crippen LogP contribution in [0.2, 0.25) is 0 Å². The quantitative estimate of drug-likeness (QED) is 0.749. The van der Waals surface area contributed by atoms with Crippen LogP contribution in [0.4, 0.5) is 0 Å². The zero-order valence-electron chi connectivity index (χ0n) is 12.7. The molecule has 0 atom stereocenters. The van der Waals surface area contributed by atoms with Crippen molar-refractivity contribution >= 4 is 34.3 Å². The zero-order chi connectivity index (χ0) is 15.6. The second-order valence-corrected chi connectivity index (χ2v) is 6.83. The molecule has 1 amide bonds. The molecule has 0 saturated heterocycles. The number of rotatable bonds is 4. The van der Waals surface area contributed by atoms with Crippen molar-refractivity contribution in [2.24, 2.45) is 0 Å². The van der Waals surface area contributed by atoms with Gasteiger partial charge in [0.15, 0.2) is 5.65 Å². The number of amides is 1. The van der Waals surface area contributed by atoms with E-state index in [0.29, 0.717) is 17.4 Å². The lowest BCUT2D eigenvalue weighted by Gasteiger charge is -2.12. The van der Waals surface area contributed by atoms with Gasteiger partial charge < -0.3 is 9.72 Å². The lowest BCUT2D eigenvalue weighted by Crippen LogP contribution is -2.33. The van der Waals surface area contributed by atoms with Crippen LogP contribution in [0.15, 0.2) is 41.7 Å². The zero-order valence-corrected chi connectivity index (χ0v) is 13.6. The van der Waals surface area contributed by atoms with E-state index in [1.807, 2.05) is 30.5 Å². The van der Waals surface area contributed by atoms with Crippen molar-refractivity contribution in [1.29, 1.82) is 0 Å². The number of carbonyl (C=O) groups is 1. The highest BCUT2D eigenvalue weighted by Gasteiger charge is 2.18. The number of carbonyl (C=O) groups excluding carboxylic acids is 1. The second kappa shape index (κ2) is 6.20. The Hall–Kier alpha value is -2.08. The Morgan fingerprint density at radius 3 is 2.96 bits per heavy atom. The number of fused-ring (bicyclic) bond motifs is 3. The molecule has 1 fully saturated rings. The maximum atomic E-state index is 12.1. The highest BCUT2D eigenvalue weighted by Crippen LogP contribution is 2.25. The highest BCUT2D eigenvalue weighted by molar-refractivity contribution is 8.00. The van der Waals surface area contributed by atoms with Gasteiger partial charge in [-0.05, 0) is 37.1 Å². The molecule has 6 heteroatoms. The van der Waals surface area contributed by atoms with Gasteiger partial charge in [0.1, 0.15) is 5.03 Å². The molecule has 5 nitrogen and oxygen atoms in total. The lowest BCUT2D eigenvalue weighted by molar-refractivity contribution is -0.119. The summed E-state index contributed by atoms with van der Waals surface area (Å²) in [7, 11) is 0. The first-order valence-corrected chi connectivity index (χ1v) is 8.94. The molecule has 1 N–H and O–H groups in total. The summed E-state index contributed by atoms with van der Waals surface area (Å²) in [5, 5.41) is 3.97. The number of nitrogens with zero attached hydrogens (tertiary/aromatic N) is 3. The van der Waals surface area contributed by atoms with Crippen molar-refractivity contribution < 1.29 is 4.79 Å². The molecule has 23 heavy (non-hydrogen) atoms. The Kier molecular flexibility index (Phi) is 3.91. The minimum atomic E-state index is 0.0922. The van der Waals surface area contributed by atoms with Gasteiger partial charge in [-0.1, -0.05) is 24.6 Å². The summed E-state index contributed by atoms with van der Waals surface area (Å²) in [4.78, 5) is 21.1. The molecular weight excluding hydrogens is 308 g/mol. The van der Waals surface area contributed by atoms with Crippen LogP contribution in [-0.2, 0) is 4.79 Å². The maximum Gasteiger partial charge on any atom is 0.230 e. The Balaban J connectivity index is 1.55. The van der Waals surface area contributed by atoms with Crippen molar-refractivity contribution in [3.63, 3.8) is 0 Å². The largest absolute Gasteiger partial charge is 0.353 e. The molecule has 3 heterocycles. The molecule has 0 radical (unpaired) electrons. The minimum absolute atomic E-state index is 0.0922. The van der Waals surface area contributed by atoms with E-state index >= 15 is 0 Å². The van der Waals surface area contributed by atoms with Gasteiger partial charge >= 0.3 is 0 Å². The fraction of sp³-hybridized carbons (Fsp3) is 0.353. The van der Waals surface area contributed by atoms with Crippen LogP contribution in [0, 0.1) is 0 Å². The molecule has 0 aromatic carbocycles. The summed E-state index contributed by atoms with van der Waals surface area (Å²) >= 11 is 1.48. The van der Waals surface area contributed by atoms with Crippen molar-refractivity contribution in [2.45, 2.75) is 36.8 Å². The maximum absolute atomic E-state index is 12.1. The first-order valence-electron chi connectivity index (χ1n) is 7.95. The van der Waals surface area contributed by atoms with Gasteiger partial charge in [0.2, 0.25) is 5.91 Å². The summed E-state index contributed by atoms with van der Waals surface area (Å²) in [5.74, 6) is 0.484. The summed E-state index contributed by atoms with van der Waals surface area (Å²) in [6, 6.07) is 8.29. The van der Waals surface area contributed by atoms with E-state index in [1.165, 1.54) is 24.6 Å². The van der Waals surface area contributed by atoms with Crippen LogP contribution >= 0.6 is 11.8 Å². The standard InChI is InChI=1S/C17H18N4OS/c22-15(19-12-5-1-2-6-12)11-23-17-14-8-4-10-21(14)13-7-3-9-18-16(13)20-17/h3-4,7-10,12H,1-2,5-6,11H2,(H,19,22). The topological polar surface area (TPSA) is 59.3 Å².